The Labute approximate surface area is 96.3 Å². The first kappa shape index (κ1) is 10.7. The maximum absolute atomic E-state index is 11.4. The van der Waals surface area contributed by atoms with Gasteiger partial charge in [0.05, 0.1) is 11.6 Å². The Hall–Kier alpha value is -1.82. The molecule has 84 valence electrons. The van der Waals surface area contributed by atoms with Crippen LogP contribution in [-0.2, 0) is 4.79 Å². The van der Waals surface area contributed by atoms with E-state index in [2.05, 4.69) is 10.6 Å². The Morgan fingerprint density at radius 1 is 1.56 bits per heavy atom. The third-order valence-electron chi connectivity index (χ3n) is 2.36. The van der Waals surface area contributed by atoms with Gasteiger partial charge in [-0.15, -0.1) is 11.3 Å². The van der Waals surface area contributed by atoms with Gasteiger partial charge in [-0.05, 0) is 18.4 Å². The summed E-state index contributed by atoms with van der Waals surface area (Å²) in [7, 11) is 0. The standard InChI is InChI=1S/C10H11N3O2S/c1-5-7(9(11)14)8(13-10(15)12-5)6-3-2-4-16-6/h2-4,8H,1H3,(H2,11,14)(H2,12,13,15)/t8-/m1/s1. The summed E-state index contributed by atoms with van der Waals surface area (Å²) in [6.45, 7) is 1.67. The quantitative estimate of drug-likeness (QED) is 0.712. The van der Waals surface area contributed by atoms with Crippen molar-refractivity contribution in [3.63, 3.8) is 0 Å². The molecule has 1 atom stereocenters. The van der Waals surface area contributed by atoms with Crippen LogP contribution < -0.4 is 16.4 Å². The number of allylic oxidation sites excluding steroid dienone is 1. The molecule has 1 aliphatic heterocycles. The second kappa shape index (κ2) is 3.97. The number of hydrogen-bond donors (Lipinski definition) is 3. The van der Waals surface area contributed by atoms with Crippen molar-refractivity contribution in [1.29, 1.82) is 0 Å². The van der Waals surface area contributed by atoms with Gasteiger partial charge in [0.2, 0.25) is 5.91 Å². The van der Waals surface area contributed by atoms with E-state index in [-0.39, 0.29) is 6.03 Å². The van der Waals surface area contributed by atoms with Crippen LogP contribution in [0.15, 0.2) is 28.8 Å². The van der Waals surface area contributed by atoms with Gasteiger partial charge in [-0.2, -0.15) is 0 Å². The van der Waals surface area contributed by atoms with Gasteiger partial charge in [0, 0.05) is 10.6 Å². The Bertz CT molecular complexity index is 464. The summed E-state index contributed by atoms with van der Waals surface area (Å²) in [5.74, 6) is -0.525. The lowest BCUT2D eigenvalue weighted by Crippen LogP contribution is -2.45. The molecular weight excluding hydrogens is 226 g/mol. The minimum absolute atomic E-state index is 0.319. The number of nitrogens with two attached hydrogens (primary N) is 1. The molecule has 4 N–H and O–H groups in total. The highest BCUT2D eigenvalue weighted by Crippen LogP contribution is 2.29. The lowest BCUT2D eigenvalue weighted by Gasteiger charge is -2.26. The number of carbonyl (C=O) groups excluding carboxylic acids is 2. The van der Waals surface area contributed by atoms with Crippen molar-refractivity contribution in [2.24, 2.45) is 5.73 Å². The van der Waals surface area contributed by atoms with E-state index in [4.69, 9.17) is 5.73 Å². The normalized spacial score (nSPS) is 20.3. The van der Waals surface area contributed by atoms with Crippen molar-refractivity contribution in [3.05, 3.63) is 33.7 Å². The van der Waals surface area contributed by atoms with E-state index < -0.39 is 11.9 Å². The van der Waals surface area contributed by atoms with Crippen molar-refractivity contribution >= 4 is 23.3 Å². The van der Waals surface area contributed by atoms with Gasteiger partial charge in [0.15, 0.2) is 0 Å². The number of urea groups is 1. The highest BCUT2D eigenvalue weighted by molar-refractivity contribution is 7.10. The lowest BCUT2D eigenvalue weighted by atomic mass is 10.0. The van der Waals surface area contributed by atoms with E-state index >= 15 is 0 Å². The van der Waals surface area contributed by atoms with Crippen molar-refractivity contribution < 1.29 is 9.59 Å². The Kier molecular flexibility index (Phi) is 2.66. The molecule has 2 rings (SSSR count). The van der Waals surface area contributed by atoms with Crippen molar-refractivity contribution in [2.75, 3.05) is 0 Å². The van der Waals surface area contributed by atoms with Gasteiger partial charge < -0.3 is 16.4 Å². The molecule has 6 heteroatoms. The fourth-order valence-electron chi connectivity index (χ4n) is 1.69. The van der Waals surface area contributed by atoms with E-state index in [1.165, 1.54) is 11.3 Å². The molecule has 0 aromatic carbocycles. The van der Waals surface area contributed by atoms with E-state index in [1.807, 2.05) is 17.5 Å². The van der Waals surface area contributed by atoms with Crippen LogP contribution in [0.2, 0.25) is 0 Å². The van der Waals surface area contributed by atoms with E-state index in [0.29, 0.717) is 11.3 Å². The highest BCUT2D eigenvalue weighted by Gasteiger charge is 2.30. The lowest BCUT2D eigenvalue weighted by molar-refractivity contribution is -0.115. The highest BCUT2D eigenvalue weighted by atomic mass is 32.1. The monoisotopic (exact) mass is 237 g/mol. The van der Waals surface area contributed by atoms with Gasteiger partial charge in [0.1, 0.15) is 0 Å². The number of rotatable bonds is 2. The first-order valence-corrected chi connectivity index (χ1v) is 5.59. The van der Waals surface area contributed by atoms with E-state index in [1.54, 1.807) is 6.92 Å². The second-order valence-electron chi connectivity index (χ2n) is 3.45. The summed E-state index contributed by atoms with van der Waals surface area (Å²) in [6, 6.07) is 2.96. The summed E-state index contributed by atoms with van der Waals surface area (Å²) in [5, 5.41) is 7.10. The van der Waals surface area contributed by atoms with Crippen LogP contribution in [0.25, 0.3) is 0 Å². The van der Waals surface area contributed by atoms with Crippen molar-refractivity contribution in [2.45, 2.75) is 13.0 Å². The maximum Gasteiger partial charge on any atom is 0.319 e. The average molecular weight is 237 g/mol. The molecule has 0 unspecified atom stereocenters. The predicted molar refractivity (Wildman–Crippen MR) is 60.6 cm³/mol. The number of hydrogen-bond acceptors (Lipinski definition) is 3. The van der Waals surface area contributed by atoms with Gasteiger partial charge in [0.25, 0.3) is 0 Å². The summed E-state index contributed by atoms with van der Waals surface area (Å²) in [4.78, 5) is 23.6. The third-order valence-corrected chi connectivity index (χ3v) is 3.30. The minimum atomic E-state index is -0.525. The van der Waals surface area contributed by atoms with E-state index in [0.717, 1.165) is 4.88 Å². The number of amides is 3. The molecule has 0 aliphatic carbocycles. The smallest absolute Gasteiger partial charge is 0.319 e. The molecule has 1 aromatic heterocycles. The molecule has 5 nitrogen and oxygen atoms in total. The maximum atomic E-state index is 11.4. The number of nitrogens with one attached hydrogen (secondary N) is 2. The van der Waals surface area contributed by atoms with Crippen LogP contribution in [0.5, 0.6) is 0 Å². The number of primary amides is 1. The molecule has 0 saturated heterocycles. The Balaban J connectivity index is 2.46. The fraction of sp³-hybridized carbons (Fsp3) is 0.200. The number of carbonyl (C=O) groups is 2. The molecule has 1 aromatic rings. The van der Waals surface area contributed by atoms with Gasteiger partial charge >= 0.3 is 6.03 Å². The molecule has 2 heterocycles. The van der Waals surface area contributed by atoms with Crippen LogP contribution in [0, 0.1) is 0 Å². The topological polar surface area (TPSA) is 84.2 Å². The summed E-state index contributed by atoms with van der Waals surface area (Å²) >= 11 is 1.47. The van der Waals surface area contributed by atoms with Crippen LogP contribution in [-0.4, -0.2) is 11.9 Å². The summed E-state index contributed by atoms with van der Waals surface area (Å²) in [6.07, 6.45) is 0. The predicted octanol–water partition coefficient (Wildman–Crippen LogP) is 0.861. The van der Waals surface area contributed by atoms with Gasteiger partial charge in [-0.25, -0.2) is 4.79 Å². The molecule has 0 radical (unpaired) electrons. The number of thiophene rings is 1. The van der Waals surface area contributed by atoms with Crippen LogP contribution >= 0.6 is 11.3 Å². The molecule has 1 aliphatic rings. The van der Waals surface area contributed by atoms with E-state index in [9.17, 15) is 9.59 Å². The minimum Gasteiger partial charge on any atom is -0.366 e. The SMILES string of the molecule is CC1=C(C(N)=O)[C@@H](c2cccs2)NC(=O)N1. The first-order chi connectivity index (χ1) is 7.59. The molecule has 16 heavy (non-hydrogen) atoms. The van der Waals surface area contributed by atoms with Crippen LogP contribution in [0.3, 0.4) is 0 Å². The molecule has 0 saturated carbocycles. The average Bonchev–Trinajstić information content (AvgIpc) is 2.67. The molecular formula is C10H11N3O2S. The molecule has 3 amide bonds. The zero-order valence-electron chi connectivity index (χ0n) is 8.61. The zero-order chi connectivity index (χ0) is 11.7. The fourth-order valence-corrected chi connectivity index (χ4v) is 2.47. The van der Waals surface area contributed by atoms with Crippen LogP contribution in [0.4, 0.5) is 4.79 Å². The first-order valence-electron chi connectivity index (χ1n) is 4.71. The van der Waals surface area contributed by atoms with Crippen molar-refractivity contribution in [3.8, 4) is 0 Å². The molecule has 0 bridgehead atoms. The largest absolute Gasteiger partial charge is 0.366 e. The van der Waals surface area contributed by atoms with Gasteiger partial charge in [-0.3, -0.25) is 4.79 Å². The third kappa shape index (κ3) is 1.79. The second-order valence-corrected chi connectivity index (χ2v) is 4.43. The van der Waals surface area contributed by atoms with Crippen LogP contribution in [0.1, 0.15) is 17.8 Å². The summed E-state index contributed by atoms with van der Waals surface area (Å²) in [5.41, 5.74) is 6.23. The van der Waals surface area contributed by atoms with Gasteiger partial charge in [-0.1, -0.05) is 6.07 Å². The summed E-state index contributed by atoms with van der Waals surface area (Å²) < 4.78 is 0. The Morgan fingerprint density at radius 2 is 2.31 bits per heavy atom. The Morgan fingerprint density at radius 3 is 2.88 bits per heavy atom. The zero-order valence-corrected chi connectivity index (χ0v) is 9.43. The molecule has 0 fully saturated rings. The molecule has 0 spiro atoms. The van der Waals surface area contributed by atoms with Crippen molar-refractivity contribution in [1.82, 2.24) is 10.6 Å².